The normalized spacial score (nSPS) is 21.8. The van der Waals surface area contributed by atoms with Gasteiger partial charge in [-0.1, -0.05) is 11.6 Å². The highest BCUT2D eigenvalue weighted by molar-refractivity contribution is 6.29. The number of carbonyl (C=O) groups is 2. The Balaban J connectivity index is 1.82. The monoisotopic (exact) mass is 270 g/mol. The molecule has 0 aromatic carbocycles. The van der Waals surface area contributed by atoms with Crippen LogP contribution in [0.5, 0.6) is 0 Å². The topological polar surface area (TPSA) is 104 Å². The summed E-state index contributed by atoms with van der Waals surface area (Å²) in [7, 11) is 0. The SMILES string of the molecule is O=C(O)N[C@H]1C[C@H](NC(=O)c2cncc(Cl)n2)C1. The number of aromatic nitrogens is 2. The first-order valence-electron chi connectivity index (χ1n) is 5.32. The number of hydrogen-bond donors (Lipinski definition) is 3. The van der Waals surface area contributed by atoms with Crippen LogP contribution in [0.1, 0.15) is 23.3 Å². The third-order valence-electron chi connectivity index (χ3n) is 2.64. The van der Waals surface area contributed by atoms with Gasteiger partial charge in [-0.05, 0) is 12.8 Å². The predicted octanol–water partition coefficient (Wildman–Crippen LogP) is 0.658. The summed E-state index contributed by atoms with van der Waals surface area (Å²) in [5, 5.41) is 13.7. The molecule has 1 aliphatic rings. The number of carbonyl (C=O) groups excluding carboxylic acids is 1. The third kappa shape index (κ3) is 3.07. The van der Waals surface area contributed by atoms with Crippen molar-refractivity contribution in [3.05, 3.63) is 23.2 Å². The van der Waals surface area contributed by atoms with Crippen LogP contribution in [-0.2, 0) is 0 Å². The molecule has 7 nitrogen and oxygen atoms in total. The van der Waals surface area contributed by atoms with E-state index in [9.17, 15) is 9.59 Å². The molecule has 1 aromatic heterocycles. The zero-order valence-electron chi connectivity index (χ0n) is 9.26. The van der Waals surface area contributed by atoms with Gasteiger partial charge in [0.15, 0.2) is 0 Å². The van der Waals surface area contributed by atoms with E-state index in [0.29, 0.717) is 12.8 Å². The number of carboxylic acid groups (broad SMARTS) is 1. The van der Waals surface area contributed by atoms with Crippen LogP contribution in [0.15, 0.2) is 12.4 Å². The summed E-state index contributed by atoms with van der Waals surface area (Å²) >= 11 is 5.62. The summed E-state index contributed by atoms with van der Waals surface area (Å²) in [6, 6.07) is -0.145. The van der Waals surface area contributed by atoms with E-state index in [1.807, 2.05) is 0 Å². The minimum absolute atomic E-state index is 0.0462. The number of halogens is 1. The number of nitrogens with one attached hydrogen (secondary N) is 2. The first-order chi connectivity index (χ1) is 8.54. The van der Waals surface area contributed by atoms with Crippen LogP contribution in [0, 0.1) is 0 Å². The van der Waals surface area contributed by atoms with Crippen molar-refractivity contribution in [3.63, 3.8) is 0 Å². The van der Waals surface area contributed by atoms with Gasteiger partial charge in [-0.3, -0.25) is 9.78 Å². The Kier molecular flexibility index (Phi) is 3.61. The molecule has 0 unspecified atom stereocenters. The Morgan fingerprint density at radius 1 is 1.28 bits per heavy atom. The minimum atomic E-state index is -1.05. The summed E-state index contributed by atoms with van der Waals surface area (Å²) in [5.74, 6) is -0.358. The van der Waals surface area contributed by atoms with Crippen LogP contribution in [0.2, 0.25) is 5.15 Å². The van der Waals surface area contributed by atoms with E-state index in [1.165, 1.54) is 12.4 Å². The van der Waals surface area contributed by atoms with Gasteiger partial charge in [0.05, 0.1) is 12.4 Å². The average Bonchev–Trinajstić information content (AvgIpc) is 2.25. The number of rotatable bonds is 3. The van der Waals surface area contributed by atoms with E-state index in [4.69, 9.17) is 16.7 Å². The predicted molar refractivity (Wildman–Crippen MR) is 62.5 cm³/mol. The smallest absolute Gasteiger partial charge is 0.404 e. The molecule has 1 heterocycles. The molecular formula is C10H11ClN4O3. The van der Waals surface area contributed by atoms with Crippen LogP contribution in [0.4, 0.5) is 4.79 Å². The lowest BCUT2D eigenvalue weighted by atomic mass is 9.87. The fourth-order valence-corrected chi connectivity index (χ4v) is 1.89. The summed E-state index contributed by atoms with van der Waals surface area (Å²) in [5.41, 5.74) is 0.150. The molecule has 18 heavy (non-hydrogen) atoms. The van der Waals surface area contributed by atoms with E-state index < -0.39 is 6.09 Å². The quantitative estimate of drug-likeness (QED) is 0.748. The van der Waals surface area contributed by atoms with E-state index in [-0.39, 0.29) is 28.8 Å². The average molecular weight is 271 g/mol. The standard InChI is InChI=1S/C10H11ClN4O3/c11-8-4-12-3-7(15-8)9(16)13-5-1-6(2-5)14-10(17)18/h3-6,14H,1-2H2,(H,13,16)(H,17,18)/t5-,6-. The number of hydrogen-bond acceptors (Lipinski definition) is 4. The minimum Gasteiger partial charge on any atom is -0.465 e. The molecule has 0 spiro atoms. The molecule has 96 valence electrons. The molecule has 0 bridgehead atoms. The van der Waals surface area contributed by atoms with Crippen molar-refractivity contribution in [1.82, 2.24) is 20.6 Å². The van der Waals surface area contributed by atoms with E-state index in [1.54, 1.807) is 0 Å². The molecule has 1 fully saturated rings. The lowest BCUT2D eigenvalue weighted by molar-refractivity contribution is 0.0897. The Hall–Kier alpha value is -1.89. The number of amides is 2. The molecule has 0 aliphatic heterocycles. The maximum atomic E-state index is 11.7. The second kappa shape index (κ2) is 5.18. The Bertz CT molecular complexity index is 476. The second-order valence-electron chi connectivity index (χ2n) is 4.02. The first-order valence-corrected chi connectivity index (χ1v) is 5.70. The molecule has 2 rings (SSSR count). The highest BCUT2D eigenvalue weighted by Gasteiger charge is 2.31. The van der Waals surface area contributed by atoms with Gasteiger partial charge in [0.2, 0.25) is 0 Å². The Morgan fingerprint density at radius 2 is 1.94 bits per heavy atom. The van der Waals surface area contributed by atoms with Gasteiger partial charge in [0.1, 0.15) is 10.8 Å². The third-order valence-corrected chi connectivity index (χ3v) is 2.82. The second-order valence-corrected chi connectivity index (χ2v) is 4.40. The van der Waals surface area contributed by atoms with E-state index in [2.05, 4.69) is 20.6 Å². The molecule has 3 N–H and O–H groups in total. The van der Waals surface area contributed by atoms with Crippen LogP contribution in [0.3, 0.4) is 0 Å². The maximum absolute atomic E-state index is 11.7. The molecule has 1 aromatic rings. The van der Waals surface area contributed by atoms with Crippen molar-refractivity contribution in [3.8, 4) is 0 Å². The highest BCUT2D eigenvalue weighted by Crippen LogP contribution is 2.20. The molecule has 0 radical (unpaired) electrons. The van der Waals surface area contributed by atoms with Crippen molar-refractivity contribution in [2.24, 2.45) is 0 Å². The molecule has 0 saturated heterocycles. The van der Waals surface area contributed by atoms with Gasteiger partial charge in [0, 0.05) is 12.1 Å². The van der Waals surface area contributed by atoms with Crippen LogP contribution in [-0.4, -0.2) is 39.2 Å². The fraction of sp³-hybridized carbons (Fsp3) is 0.400. The van der Waals surface area contributed by atoms with Crippen LogP contribution >= 0.6 is 11.6 Å². The zero-order valence-corrected chi connectivity index (χ0v) is 10.0. The van der Waals surface area contributed by atoms with Gasteiger partial charge in [-0.15, -0.1) is 0 Å². The summed E-state index contributed by atoms with van der Waals surface area (Å²) in [6.07, 6.45) is 2.77. The lowest BCUT2D eigenvalue weighted by Gasteiger charge is -2.35. The largest absolute Gasteiger partial charge is 0.465 e. The summed E-state index contributed by atoms with van der Waals surface area (Å²) in [6.45, 7) is 0. The Morgan fingerprint density at radius 3 is 2.56 bits per heavy atom. The molecule has 8 heteroatoms. The molecule has 1 saturated carbocycles. The van der Waals surface area contributed by atoms with Gasteiger partial charge in [-0.25, -0.2) is 9.78 Å². The summed E-state index contributed by atoms with van der Waals surface area (Å²) in [4.78, 5) is 29.7. The zero-order chi connectivity index (χ0) is 13.1. The van der Waals surface area contributed by atoms with E-state index in [0.717, 1.165) is 0 Å². The van der Waals surface area contributed by atoms with Gasteiger partial charge < -0.3 is 15.7 Å². The molecule has 2 amide bonds. The van der Waals surface area contributed by atoms with Crippen molar-refractivity contribution >= 4 is 23.6 Å². The summed E-state index contributed by atoms with van der Waals surface area (Å²) < 4.78 is 0. The maximum Gasteiger partial charge on any atom is 0.404 e. The lowest BCUT2D eigenvalue weighted by Crippen LogP contribution is -2.53. The number of nitrogens with zero attached hydrogens (tertiary/aromatic N) is 2. The van der Waals surface area contributed by atoms with Crippen molar-refractivity contribution in [2.75, 3.05) is 0 Å². The van der Waals surface area contributed by atoms with Gasteiger partial charge >= 0.3 is 6.09 Å². The van der Waals surface area contributed by atoms with Gasteiger partial charge in [0.25, 0.3) is 5.91 Å². The molecule has 1 aliphatic carbocycles. The molecule has 0 atom stereocenters. The first kappa shape index (κ1) is 12.6. The van der Waals surface area contributed by atoms with Crippen LogP contribution in [0.25, 0.3) is 0 Å². The van der Waals surface area contributed by atoms with E-state index >= 15 is 0 Å². The van der Waals surface area contributed by atoms with Crippen molar-refractivity contribution in [1.29, 1.82) is 0 Å². The van der Waals surface area contributed by atoms with Crippen molar-refractivity contribution < 1.29 is 14.7 Å². The fourth-order valence-electron chi connectivity index (χ4n) is 1.74. The highest BCUT2D eigenvalue weighted by atomic mass is 35.5. The Labute approximate surface area is 108 Å². The van der Waals surface area contributed by atoms with Gasteiger partial charge in [-0.2, -0.15) is 0 Å². The molecular weight excluding hydrogens is 260 g/mol. The van der Waals surface area contributed by atoms with Crippen molar-refractivity contribution in [2.45, 2.75) is 24.9 Å². The van der Waals surface area contributed by atoms with Crippen LogP contribution < -0.4 is 10.6 Å².